The van der Waals surface area contributed by atoms with Gasteiger partial charge in [-0.15, -0.1) is 0 Å². The van der Waals surface area contributed by atoms with Crippen LogP contribution in [-0.4, -0.2) is 54.2 Å². The van der Waals surface area contributed by atoms with E-state index in [1.807, 2.05) is 0 Å². The van der Waals surface area contributed by atoms with Crippen molar-refractivity contribution in [3.05, 3.63) is 0 Å². The van der Waals surface area contributed by atoms with Gasteiger partial charge in [0.15, 0.2) is 11.6 Å². The Labute approximate surface area is 105 Å². The van der Waals surface area contributed by atoms with Crippen LogP contribution in [0, 0.1) is 0 Å². The fourth-order valence-electron chi connectivity index (χ4n) is 1.27. The monoisotopic (exact) mass is 281 g/mol. The van der Waals surface area contributed by atoms with Crippen molar-refractivity contribution < 1.29 is 19.1 Å². The van der Waals surface area contributed by atoms with Gasteiger partial charge >= 0.3 is 6.72 Å². The Morgan fingerprint density at radius 2 is 2.35 bits per heavy atom. The Morgan fingerprint density at radius 1 is 1.59 bits per heavy atom. The van der Waals surface area contributed by atoms with Crippen molar-refractivity contribution in [1.82, 2.24) is 10.6 Å². The van der Waals surface area contributed by atoms with E-state index in [0.717, 1.165) is 6.54 Å². The van der Waals surface area contributed by atoms with E-state index in [0.29, 0.717) is 31.9 Å². The average Bonchev–Trinajstić information content (AvgIpc) is 2.74. The molecule has 4 N–H and O–H groups in total. The van der Waals surface area contributed by atoms with Gasteiger partial charge in [0.2, 0.25) is 0 Å². The summed E-state index contributed by atoms with van der Waals surface area (Å²) in [6.45, 7) is -1.17. The Morgan fingerprint density at radius 3 is 2.94 bits per heavy atom. The molecule has 0 aromatic carbocycles. The molecule has 17 heavy (non-hydrogen) atoms. The van der Waals surface area contributed by atoms with Crippen LogP contribution in [0.25, 0.3) is 0 Å². The molecule has 1 heterocycles. The maximum atomic E-state index is 11.5. The predicted octanol–water partition coefficient (Wildman–Crippen LogP) is -1.24. The number of nitrogens with zero attached hydrogens (tertiary/aromatic N) is 1. The number of nitrogens with one attached hydrogen (secondary N) is 2. The molecule has 9 heteroatoms. The number of Topliss-reactive ketones (excluding diaryl/α,β-unsaturated/α-hetero) is 1. The van der Waals surface area contributed by atoms with Gasteiger partial charge in [0, 0.05) is 26.1 Å². The highest BCUT2D eigenvalue weighted by Crippen LogP contribution is 2.35. The summed E-state index contributed by atoms with van der Waals surface area (Å²) in [6, 6.07) is 0. The minimum atomic E-state index is -3.55. The lowest BCUT2D eigenvalue weighted by atomic mass is 10.2. The van der Waals surface area contributed by atoms with E-state index >= 15 is 0 Å². The van der Waals surface area contributed by atoms with Crippen molar-refractivity contribution in [2.75, 3.05) is 32.8 Å². The summed E-state index contributed by atoms with van der Waals surface area (Å²) in [5, 5.41) is 5.83. The topological polar surface area (TPSA) is 103 Å². The lowest BCUT2D eigenvalue weighted by Gasteiger charge is -2.08. The van der Waals surface area contributed by atoms with Crippen molar-refractivity contribution in [1.29, 1.82) is 0 Å². The van der Waals surface area contributed by atoms with Crippen LogP contribution in [0.1, 0.15) is 6.42 Å². The minimum absolute atomic E-state index is 0.0228. The van der Waals surface area contributed by atoms with Crippen molar-refractivity contribution in [2.24, 2.45) is 4.99 Å². The Kier molecular flexibility index (Phi) is 6.18. The summed E-state index contributed by atoms with van der Waals surface area (Å²) >= 11 is 4.27. The zero-order valence-corrected chi connectivity index (χ0v) is 11.0. The molecule has 1 rings (SSSR count). The largest absolute Gasteiger partial charge is 0.366 e. The van der Waals surface area contributed by atoms with Crippen molar-refractivity contribution in [3.8, 4) is 0 Å². The second kappa shape index (κ2) is 7.15. The quantitative estimate of drug-likeness (QED) is 0.326. The normalized spacial score (nSPS) is 15.5. The first kappa shape index (κ1) is 14.7. The number of carbonyl (C=O) groups is 1. The van der Waals surface area contributed by atoms with Crippen LogP contribution in [0.4, 0.5) is 0 Å². The van der Waals surface area contributed by atoms with E-state index < -0.39 is 6.72 Å². The third-order valence-electron chi connectivity index (χ3n) is 2.01. The maximum absolute atomic E-state index is 11.5. The van der Waals surface area contributed by atoms with Crippen LogP contribution in [0.3, 0.4) is 0 Å². The number of ketones is 1. The third-order valence-corrected chi connectivity index (χ3v) is 2.84. The van der Waals surface area contributed by atoms with E-state index in [1.54, 1.807) is 0 Å². The zero-order valence-electron chi connectivity index (χ0n) is 9.26. The molecule has 0 amide bonds. The first-order chi connectivity index (χ1) is 7.99. The van der Waals surface area contributed by atoms with Crippen molar-refractivity contribution in [3.63, 3.8) is 0 Å². The van der Waals surface area contributed by atoms with Crippen LogP contribution in [0.5, 0.6) is 0 Å². The zero-order chi connectivity index (χ0) is 12.7. The number of amidine groups is 1. The summed E-state index contributed by atoms with van der Waals surface area (Å²) < 4.78 is 4.59. The standard InChI is InChI=1S/C8H16N3O4PS/c12-7(8-10-3-4-11-8)1-2-9-5-6-15-16(13,14)17/h9H,1-6H2,(H,10,11)(H2,13,14,17). The van der Waals surface area contributed by atoms with Crippen LogP contribution in [0.2, 0.25) is 0 Å². The van der Waals surface area contributed by atoms with Crippen molar-refractivity contribution in [2.45, 2.75) is 6.42 Å². The summed E-state index contributed by atoms with van der Waals surface area (Å²) in [6.07, 6.45) is 0.345. The number of hydrogen-bond donors (Lipinski definition) is 4. The lowest BCUT2D eigenvalue weighted by molar-refractivity contribution is -0.113. The molecule has 1 aliphatic rings. The Bertz CT molecular complexity index is 344. The summed E-state index contributed by atoms with van der Waals surface area (Å²) in [7, 11) is 0. The van der Waals surface area contributed by atoms with Gasteiger partial charge in [0.1, 0.15) is 0 Å². The molecule has 98 valence electrons. The van der Waals surface area contributed by atoms with Crippen LogP contribution < -0.4 is 10.6 Å². The Balaban J connectivity index is 2.01. The second-order valence-electron chi connectivity index (χ2n) is 3.40. The first-order valence-corrected chi connectivity index (χ1v) is 7.84. The summed E-state index contributed by atoms with van der Waals surface area (Å²) in [5.41, 5.74) is 0. The highest BCUT2D eigenvalue weighted by molar-refractivity contribution is 8.06. The number of aliphatic imine (C=N–C) groups is 1. The molecule has 1 aliphatic heterocycles. The SMILES string of the molecule is O=C(CCNCCOP(O)(O)=S)C1=NCCN1. The van der Waals surface area contributed by atoms with Gasteiger partial charge in [0.05, 0.1) is 13.2 Å². The van der Waals surface area contributed by atoms with E-state index in [2.05, 4.69) is 32.0 Å². The number of carbonyl (C=O) groups excluding carboxylic acids is 1. The highest BCUT2D eigenvalue weighted by atomic mass is 32.5. The molecule has 0 fully saturated rings. The third kappa shape index (κ3) is 6.82. The number of hydrogen-bond acceptors (Lipinski definition) is 6. The van der Waals surface area contributed by atoms with E-state index in [1.165, 1.54) is 0 Å². The fraction of sp³-hybridized carbons (Fsp3) is 0.750. The molecule has 7 nitrogen and oxygen atoms in total. The molecule has 0 unspecified atom stereocenters. The minimum Gasteiger partial charge on any atom is -0.366 e. The average molecular weight is 281 g/mol. The van der Waals surface area contributed by atoms with E-state index in [9.17, 15) is 4.79 Å². The van der Waals surface area contributed by atoms with Crippen molar-refractivity contribution >= 4 is 30.1 Å². The van der Waals surface area contributed by atoms with Gasteiger partial charge < -0.3 is 24.9 Å². The van der Waals surface area contributed by atoms with E-state index in [4.69, 9.17) is 9.79 Å². The molecule has 0 saturated carbocycles. The number of rotatable bonds is 8. The van der Waals surface area contributed by atoms with Gasteiger partial charge in [-0.2, -0.15) is 0 Å². The molecular formula is C8H16N3O4PS. The van der Waals surface area contributed by atoms with Gasteiger partial charge in [-0.3, -0.25) is 9.79 Å². The molecule has 0 aromatic rings. The molecular weight excluding hydrogens is 265 g/mol. The van der Waals surface area contributed by atoms with Crippen LogP contribution in [0.15, 0.2) is 4.99 Å². The van der Waals surface area contributed by atoms with Gasteiger partial charge in [-0.1, -0.05) is 0 Å². The molecule has 0 aromatic heterocycles. The fourth-order valence-corrected chi connectivity index (χ4v) is 1.82. The van der Waals surface area contributed by atoms with Gasteiger partial charge in [0.25, 0.3) is 0 Å². The Hall–Kier alpha value is -0.370. The molecule has 0 spiro atoms. The van der Waals surface area contributed by atoms with E-state index in [-0.39, 0.29) is 12.4 Å². The smallest absolute Gasteiger partial charge is 0.321 e. The second-order valence-corrected chi connectivity index (χ2v) is 6.07. The first-order valence-electron chi connectivity index (χ1n) is 5.21. The molecule has 0 bridgehead atoms. The molecule has 0 aliphatic carbocycles. The van der Waals surface area contributed by atoms with Gasteiger partial charge in [-0.05, 0) is 11.8 Å². The van der Waals surface area contributed by atoms with Crippen LogP contribution in [-0.2, 0) is 21.1 Å². The summed E-state index contributed by atoms with van der Waals surface area (Å²) in [4.78, 5) is 33.0. The molecule has 0 atom stereocenters. The predicted molar refractivity (Wildman–Crippen MR) is 67.5 cm³/mol. The molecule has 0 saturated heterocycles. The highest BCUT2D eigenvalue weighted by Gasteiger charge is 2.13. The van der Waals surface area contributed by atoms with Crippen LogP contribution >= 0.6 is 6.72 Å². The maximum Gasteiger partial charge on any atom is 0.321 e. The molecule has 0 radical (unpaired) electrons. The summed E-state index contributed by atoms with van der Waals surface area (Å²) in [5.74, 6) is 0.426. The van der Waals surface area contributed by atoms with Gasteiger partial charge in [-0.25, -0.2) is 0 Å². The lowest BCUT2D eigenvalue weighted by Crippen LogP contribution is -2.30.